The number of carbonyl (C=O) groups is 1. The summed E-state index contributed by atoms with van der Waals surface area (Å²) in [6, 6.07) is 14.8. The Bertz CT molecular complexity index is 664. The van der Waals surface area contributed by atoms with Crippen LogP contribution in [0.15, 0.2) is 48.7 Å². The number of carbonyl (C=O) groups excluding carboxylic acids is 1. The predicted molar refractivity (Wildman–Crippen MR) is 101 cm³/mol. The number of hydrogen-bond acceptors (Lipinski definition) is 4. The highest BCUT2D eigenvalue weighted by Gasteiger charge is 2.17. The average Bonchev–Trinajstić information content (AvgIpc) is 2.64. The van der Waals surface area contributed by atoms with Crippen molar-refractivity contribution in [1.82, 2.24) is 15.2 Å². The Kier molecular flexibility index (Phi) is 6.01. The summed E-state index contributed by atoms with van der Waals surface area (Å²) in [5, 5.41) is 2.83. The zero-order chi connectivity index (χ0) is 17.5. The van der Waals surface area contributed by atoms with Gasteiger partial charge in [0.15, 0.2) is 0 Å². The summed E-state index contributed by atoms with van der Waals surface area (Å²) in [5.74, 6) is 1.10. The molecule has 0 radical (unpaired) electrons. The van der Waals surface area contributed by atoms with Crippen molar-refractivity contribution in [3.8, 4) is 0 Å². The maximum atomic E-state index is 10.9. The van der Waals surface area contributed by atoms with Crippen molar-refractivity contribution in [2.75, 3.05) is 37.6 Å². The van der Waals surface area contributed by atoms with Crippen LogP contribution >= 0.6 is 0 Å². The van der Waals surface area contributed by atoms with Gasteiger partial charge in [-0.05, 0) is 29.7 Å². The van der Waals surface area contributed by atoms with Gasteiger partial charge in [0.1, 0.15) is 5.82 Å². The van der Waals surface area contributed by atoms with E-state index in [1.807, 2.05) is 18.3 Å². The van der Waals surface area contributed by atoms with Crippen LogP contribution in [0.4, 0.5) is 5.82 Å². The third-order valence-electron chi connectivity index (χ3n) is 4.56. The first-order valence-corrected chi connectivity index (χ1v) is 8.91. The highest BCUT2D eigenvalue weighted by Crippen LogP contribution is 2.15. The highest BCUT2D eigenvalue weighted by molar-refractivity contribution is 5.72. The molecule has 132 valence electrons. The minimum atomic E-state index is 0.0291. The summed E-state index contributed by atoms with van der Waals surface area (Å²) >= 11 is 0. The van der Waals surface area contributed by atoms with Crippen LogP contribution in [0.1, 0.15) is 18.1 Å². The molecule has 1 saturated heterocycles. The fraction of sp³-hybridized carbons (Fsp3) is 0.400. The maximum Gasteiger partial charge on any atom is 0.216 e. The van der Waals surface area contributed by atoms with E-state index in [1.165, 1.54) is 11.1 Å². The van der Waals surface area contributed by atoms with E-state index < -0.39 is 0 Å². The molecule has 1 aliphatic rings. The molecule has 1 aromatic carbocycles. The van der Waals surface area contributed by atoms with Gasteiger partial charge in [-0.25, -0.2) is 4.98 Å². The summed E-state index contributed by atoms with van der Waals surface area (Å²) in [6.07, 6.45) is 2.73. The molecule has 1 amide bonds. The Hall–Kier alpha value is -2.40. The van der Waals surface area contributed by atoms with Gasteiger partial charge in [-0.3, -0.25) is 9.69 Å². The van der Waals surface area contributed by atoms with E-state index in [0.29, 0.717) is 6.54 Å². The van der Waals surface area contributed by atoms with Crippen molar-refractivity contribution in [2.45, 2.75) is 19.9 Å². The van der Waals surface area contributed by atoms with Gasteiger partial charge in [-0.15, -0.1) is 0 Å². The van der Waals surface area contributed by atoms with Gasteiger partial charge in [0.25, 0.3) is 0 Å². The van der Waals surface area contributed by atoms with Crippen LogP contribution in [0.25, 0.3) is 0 Å². The Balaban J connectivity index is 1.45. The molecule has 2 heterocycles. The molecular weight excluding hydrogens is 312 g/mol. The molecule has 1 N–H and O–H groups in total. The second-order valence-electron chi connectivity index (χ2n) is 6.50. The molecule has 1 aliphatic heterocycles. The lowest BCUT2D eigenvalue weighted by Gasteiger charge is -2.35. The van der Waals surface area contributed by atoms with Gasteiger partial charge in [-0.1, -0.05) is 30.3 Å². The first kappa shape index (κ1) is 17.4. The topological polar surface area (TPSA) is 48.5 Å². The molecule has 5 heteroatoms. The lowest BCUT2D eigenvalue weighted by molar-refractivity contribution is -0.118. The molecule has 0 spiro atoms. The first-order valence-electron chi connectivity index (χ1n) is 8.91. The lowest BCUT2D eigenvalue weighted by Crippen LogP contribution is -2.46. The van der Waals surface area contributed by atoms with Crippen LogP contribution in [-0.4, -0.2) is 48.5 Å². The lowest BCUT2D eigenvalue weighted by atomic mass is 10.1. The minimum Gasteiger partial charge on any atom is -0.356 e. The molecule has 1 fully saturated rings. The van der Waals surface area contributed by atoms with Crippen molar-refractivity contribution in [3.63, 3.8) is 0 Å². The Morgan fingerprint density at radius 3 is 2.40 bits per heavy atom. The van der Waals surface area contributed by atoms with Gasteiger partial charge >= 0.3 is 0 Å². The normalized spacial score (nSPS) is 15.2. The van der Waals surface area contributed by atoms with Crippen LogP contribution in [-0.2, 0) is 17.8 Å². The van der Waals surface area contributed by atoms with Crippen LogP contribution in [0.3, 0.4) is 0 Å². The molecule has 25 heavy (non-hydrogen) atoms. The molecule has 0 unspecified atom stereocenters. The monoisotopic (exact) mass is 338 g/mol. The van der Waals surface area contributed by atoms with E-state index in [-0.39, 0.29) is 5.91 Å². The Morgan fingerprint density at radius 1 is 1.04 bits per heavy atom. The molecule has 1 aromatic heterocycles. The summed E-state index contributed by atoms with van der Waals surface area (Å²) in [5.41, 5.74) is 2.60. The third kappa shape index (κ3) is 5.29. The largest absolute Gasteiger partial charge is 0.356 e. The standard InChI is InChI=1S/C20H26N4O/c1-17(25)21-11-9-18-5-7-19(8-6-18)16-23-12-14-24(15-13-23)20-4-2-3-10-22-20/h2-8,10H,9,11-16H2,1H3,(H,21,25). The summed E-state index contributed by atoms with van der Waals surface area (Å²) in [6.45, 7) is 7.39. The van der Waals surface area contributed by atoms with Gasteiger partial charge in [0.05, 0.1) is 0 Å². The average molecular weight is 338 g/mol. The van der Waals surface area contributed by atoms with Crippen molar-refractivity contribution < 1.29 is 4.79 Å². The Morgan fingerprint density at radius 2 is 1.76 bits per heavy atom. The summed E-state index contributed by atoms with van der Waals surface area (Å²) in [4.78, 5) is 20.2. The van der Waals surface area contributed by atoms with Crippen LogP contribution in [0.5, 0.6) is 0 Å². The van der Waals surface area contributed by atoms with Gasteiger partial charge in [-0.2, -0.15) is 0 Å². The van der Waals surface area contributed by atoms with E-state index in [0.717, 1.165) is 45.0 Å². The number of rotatable bonds is 6. The third-order valence-corrected chi connectivity index (χ3v) is 4.56. The van der Waals surface area contributed by atoms with E-state index in [2.05, 4.69) is 50.4 Å². The maximum absolute atomic E-state index is 10.9. The number of pyridine rings is 1. The van der Waals surface area contributed by atoms with Crippen LogP contribution in [0, 0.1) is 0 Å². The summed E-state index contributed by atoms with van der Waals surface area (Å²) in [7, 11) is 0. The van der Waals surface area contributed by atoms with Gasteiger partial charge < -0.3 is 10.2 Å². The van der Waals surface area contributed by atoms with Crippen molar-refractivity contribution >= 4 is 11.7 Å². The van der Waals surface area contributed by atoms with E-state index in [4.69, 9.17) is 0 Å². The smallest absolute Gasteiger partial charge is 0.216 e. The molecular formula is C20H26N4O. The fourth-order valence-corrected chi connectivity index (χ4v) is 3.13. The van der Waals surface area contributed by atoms with Crippen molar-refractivity contribution in [3.05, 3.63) is 59.8 Å². The van der Waals surface area contributed by atoms with E-state index in [1.54, 1.807) is 6.92 Å². The molecule has 5 nitrogen and oxygen atoms in total. The fourth-order valence-electron chi connectivity index (χ4n) is 3.13. The van der Waals surface area contributed by atoms with Crippen LogP contribution in [0.2, 0.25) is 0 Å². The molecule has 3 rings (SSSR count). The predicted octanol–water partition coefficient (Wildman–Crippen LogP) is 2.08. The highest BCUT2D eigenvalue weighted by atomic mass is 16.1. The number of anilines is 1. The zero-order valence-electron chi connectivity index (χ0n) is 14.8. The first-order chi connectivity index (χ1) is 12.2. The second-order valence-corrected chi connectivity index (χ2v) is 6.50. The molecule has 0 atom stereocenters. The number of hydrogen-bond donors (Lipinski definition) is 1. The van der Waals surface area contributed by atoms with Crippen molar-refractivity contribution in [1.29, 1.82) is 0 Å². The van der Waals surface area contributed by atoms with Gasteiger partial charge in [0, 0.05) is 52.4 Å². The Labute approximate surface area is 149 Å². The van der Waals surface area contributed by atoms with E-state index in [9.17, 15) is 4.79 Å². The van der Waals surface area contributed by atoms with E-state index >= 15 is 0 Å². The summed E-state index contributed by atoms with van der Waals surface area (Å²) < 4.78 is 0. The zero-order valence-corrected chi connectivity index (χ0v) is 14.8. The molecule has 0 bridgehead atoms. The number of amides is 1. The SMILES string of the molecule is CC(=O)NCCc1ccc(CN2CCN(c3ccccn3)CC2)cc1. The molecule has 0 saturated carbocycles. The molecule has 0 aliphatic carbocycles. The van der Waals surface area contributed by atoms with Gasteiger partial charge in [0.2, 0.25) is 5.91 Å². The van der Waals surface area contributed by atoms with Crippen molar-refractivity contribution in [2.24, 2.45) is 0 Å². The minimum absolute atomic E-state index is 0.0291. The quantitative estimate of drug-likeness (QED) is 0.876. The number of nitrogens with zero attached hydrogens (tertiary/aromatic N) is 3. The number of benzene rings is 1. The molecule has 2 aromatic rings. The van der Waals surface area contributed by atoms with Crippen LogP contribution < -0.4 is 10.2 Å². The number of aromatic nitrogens is 1. The number of piperazine rings is 1. The second kappa shape index (κ2) is 8.62. The number of nitrogens with one attached hydrogen (secondary N) is 1.